The van der Waals surface area contributed by atoms with Crippen molar-refractivity contribution in [3.63, 3.8) is 0 Å². The van der Waals surface area contributed by atoms with Crippen LogP contribution in [0.5, 0.6) is 0 Å². The van der Waals surface area contributed by atoms with Gasteiger partial charge in [0.2, 0.25) is 0 Å². The number of aromatic nitrogens is 2. The molecule has 18 heavy (non-hydrogen) atoms. The number of nitrogens with zero attached hydrogens (tertiary/aromatic N) is 2. The summed E-state index contributed by atoms with van der Waals surface area (Å²) in [4.78, 5) is 0. The van der Waals surface area contributed by atoms with E-state index < -0.39 is 0 Å². The Hall–Kier alpha value is -1.61. The lowest BCUT2D eigenvalue weighted by atomic mass is 9.93. The summed E-state index contributed by atoms with van der Waals surface area (Å²) in [6.45, 7) is 9.30. The van der Waals surface area contributed by atoms with Crippen LogP contribution in [0.25, 0.3) is 0 Å². The average molecular weight is 243 g/mol. The molecule has 0 radical (unpaired) electrons. The third-order valence-corrected chi connectivity index (χ3v) is 3.42. The molecule has 0 saturated heterocycles. The zero-order chi connectivity index (χ0) is 13.3. The van der Waals surface area contributed by atoms with Crippen LogP contribution in [0.1, 0.15) is 40.9 Å². The highest BCUT2D eigenvalue weighted by Gasteiger charge is 2.17. The van der Waals surface area contributed by atoms with E-state index in [4.69, 9.17) is 5.73 Å². The number of hydrogen-bond acceptors (Lipinski definition) is 2. The lowest BCUT2D eigenvalue weighted by molar-refractivity contribution is 0.599. The van der Waals surface area contributed by atoms with Gasteiger partial charge in [-0.1, -0.05) is 17.7 Å². The second kappa shape index (κ2) is 4.94. The molecule has 0 amide bonds. The summed E-state index contributed by atoms with van der Waals surface area (Å²) < 4.78 is 1.96. The molecule has 0 saturated carbocycles. The van der Waals surface area contributed by atoms with Gasteiger partial charge >= 0.3 is 0 Å². The smallest absolute Gasteiger partial charge is 0.0728 e. The van der Waals surface area contributed by atoms with E-state index in [0.717, 1.165) is 12.2 Å². The standard InChI is InChI=1S/C15H21N3/c1-5-18-13(6-7-17-18)15(16)14-11(3)8-10(2)9-12(14)4/h6-9,15H,5,16H2,1-4H3. The fourth-order valence-electron chi connectivity index (χ4n) is 2.70. The van der Waals surface area contributed by atoms with Crippen molar-refractivity contribution in [2.45, 2.75) is 40.3 Å². The summed E-state index contributed by atoms with van der Waals surface area (Å²) in [7, 11) is 0. The third-order valence-electron chi connectivity index (χ3n) is 3.42. The maximum atomic E-state index is 6.43. The number of hydrogen-bond donors (Lipinski definition) is 1. The van der Waals surface area contributed by atoms with Crippen molar-refractivity contribution in [1.82, 2.24) is 9.78 Å². The van der Waals surface area contributed by atoms with Gasteiger partial charge in [0.25, 0.3) is 0 Å². The van der Waals surface area contributed by atoms with Crippen LogP contribution in [0.2, 0.25) is 0 Å². The lowest BCUT2D eigenvalue weighted by Crippen LogP contribution is -2.19. The fraction of sp³-hybridized carbons (Fsp3) is 0.400. The van der Waals surface area contributed by atoms with Gasteiger partial charge in [-0.25, -0.2) is 0 Å². The Balaban J connectivity index is 2.49. The van der Waals surface area contributed by atoms with Crippen LogP contribution in [0.15, 0.2) is 24.4 Å². The van der Waals surface area contributed by atoms with E-state index in [1.165, 1.54) is 22.3 Å². The Morgan fingerprint density at radius 3 is 2.39 bits per heavy atom. The molecular formula is C15H21N3. The SMILES string of the molecule is CCn1nccc1C(N)c1c(C)cc(C)cc1C. The van der Waals surface area contributed by atoms with Crippen molar-refractivity contribution in [2.24, 2.45) is 5.73 Å². The van der Waals surface area contributed by atoms with Gasteiger partial charge < -0.3 is 5.73 Å². The van der Waals surface area contributed by atoms with Gasteiger partial charge in [0, 0.05) is 12.7 Å². The molecule has 1 heterocycles. The van der Waals surface area contributed by atoms with Crippen molar-refractivity contribution >= 4 is 0 Å². The second-order valence-electron chi connectivity index (χ2n) is 4.86. The molecule has 1 aromatic carbocycles. The Bertz CT molecular complexity index is 532. The van der Waals surface area contributed by atoms with Gasteiger partial charge in [0.05, 0.1) is 11.7 Å². The van der Waals surface area contributed by atoms with Gasteiger partial charge in [0.15, 0.2) is 0 Å². The summed E-state index contributed by atoms with van der Waals surface area (Å²) in [6, 6.07) is 6.28. The predicted octanol–water partition coefficient (Wildman–Crippen LogP) is 2.88. The fourth-order valence-corrected chi connectivity index (χ4v) is 2.70. The first kappa shape index (κ1) is 12.8. The Kier molecular flexibility index (Phi) is 3.53. The quantitative estimate of drug-likeness (QED) is 0.900. The Labute approximate surface area is 109 Å². The van der Waals surface area contributed by atoms with Crippen molar-refractivity contribution in [3.8, 4) is 0 Å². The van der Waals surface area contributed by atoms with Gasteiger partial charge in [0.1, 0.15) is 0 Å². The minimum absolute atomic E-state index is 0.104. The first-order chi connectivity index (χ1) is 8.54. The minimum Gasteiger partial charge on any atom is -0.319 e. The molecule has 1 atom stereocenters. The minimum atomic E-state index is -0.104. The van der Waals surface area contributed by atoms with Crippen molar-refractivity contribution in [3.05, 3.63) is 52.3 Å². The highest BCUT2D eigenvalue weighted by Crippen LogP contribution is 2.26. The molecule has 0 bridgehead atoms. The van der Waals surface area contributed by atoms with Gasteiger partial charge in [-0.15, -0.1) is 0 Å². The third kappa shape index (κ3) is 2.18. The first-order valence-electron chi connectivity index (χ1n) is 6.39. The summed E-state index contributed by atoms with van der Waals surface area (Å²) >= 11 is 0. The zero-order valence-corrected chi connectivity index (χ0v) is 11.6. The lowest BCUT2D eigenvalue weighted by Gasteiger charge is -2.19. The van der Waals surface area contributed by atoms with E-state index in [0.29, 0.717) is 0 Å². The van der Waals surface area contributed by atoms with Crippen LogP contribution in [-0.2, 0) is 6.54 Å². The molecule has 0 aliphatic rings. The van der Waals surface area contributed by atoms with Crippen LogP contribution in [0.3, 0.4) is 0 Å². The van der Waals surface area contributed by atoms with E-state index in [1.807, 2.05) is 16.9 Å². The normalized spacial score (nSPS) is 12.7. The Morgan fingerprint density at radius 1 is 1.22 bits per heavy atom. The number of benzene rings is 1. The Morgan fingerprint density at radius 2 is 1.83 bits per heavy atom. The molecule has 3 heteroatoms. The average Bonchev–Trinajstić information content (AvgIpc) is 2.75. The number of rotatable bonds is 3. The van der Waals surface area contributed by atoms with Crippen molar-refractivity contribution in [2.75, 3.05) is 0 Å². The number of nitrogens with two attached hydrogens (primary N) is 1. The molecule has 2 rings (SSSR count). The van der Waals surface area contributed by atoms with Crippen LogP contribution in [0, 0.1) is 20.8 Å². The topological polar surface area (TPSA) is 43.8 Å². The van der Waals surface area contributed by atoms with Crippen LogP contribution in [0.4, 0.5) is 0 Å². The largest absolute Gasteiger partial charge is 0.319 e. The maximum absolute atomic E-state index is 6.43. The van der Waals surface area contributed by atoms with E-state index in [-0.39, 0.29) is 6.04 Å². The molecule has 3 nitrogen and oxygen atoms in total. The maximum Gasteiger partial charge on any atom is 0.0728 e. The summed E-state index contributed by atoms with van der Waals surface area (Å²) in [5, 5.41) is 4.29. The van der Waals surface area contributed by atoms with Crippen LogP contribution < -0.4 is 5.73 Å². The molecule has 1 aromatic heterocycles. The van der Waals surface area contributed by atoms with E-state index in [1.54, 1.807) is 0 Å². The van der Waals surface area contributed by atoms with Gasteiger partial charge in [-0.3, -0.25) is 4.68 Å². The summed E-state index contributed by atoms with van der Waals surface area (Å²) in [5.74, 6) is 0. The summed E-state index contributed by atoms with van der Waals surface area (Å²) in [5.41, 5.74) is 12.5. The highest BCUT2D eigenvalue weighted by molar-refractivity contribution is 5.42. The molecule has 96 valence electrons. The van der Waals surface area contributed by atoms with E-state index >= 15 is 0 Å². The summed E-state index contributed by atoms with van der Waals surface area (Å²) in [6.07, 6.45) is 1.82. The van der Waals surface area contributed by atoms with E-state index in [9.17, 15) is 0 Å². The first-order valence-corrected chi connectivity index (χ1v) is 6.39. The predicted molar refractivity (Wildman–Crippen MR) is 74.6 cm³/mol. The molecule has 2 aromatic rings. The van der Waals surface area contributed by atoms with Crippen molar-refractivity contribution < 1.29 is 0 Å². The molecule has 0 fully saturated rings. The molecule has 1 unspecified atom stereocenters. The van der Waals surface area contributed by atoms with Crippen molar-refractivity contribution in [1.29, 1.82) is 0 Å². The van der Waals surface area contributed by atoms with Gasteiger partial charge in [-0.2, -0.15) is 5.10 Å². The monoisotopic (exact) mass is 243 g/mol. The van der Waals surface area contributed by atoms with E-state index in [2.05, 4.69) is 44.9 Å². The molecular weight excluding hydrogens is 222 g/mol. The molecule has 0 aliphatic heterocycles. The van der Waals surface area contributed by atoms with Gasteiger partial charge in [-0.05, 0) is 50.5 Å². The highest BCUT2D eigenvalue weighted by atomic mass is 15.3. The molecule has 0 aliphatic carbocycles. The number of aryl methyl sites for hydroxylation is 4. The van der Waals surface area contributed by atoms with Crippen LogP contribution >= 0.6 is 0 Å². The van der Waals surface area contributed by atoms with Crippen LogP contribution in [-0.4, -0.2) is 9.78 Å². The molecule has 2 N–H and O–H groups in total. The zero-order valence-electron chi connectivity index (χ0n) is 11.6. The molecule has 0 spiro atoms. The second-order valence-corrected chi connectivity index (χ2v) is 4.86.